The standard InChI is InChI=1S/C23H32O8S/c1-21-7-5-18-19(23(21,26)9-6-17(21)14-10-20(25)30-12-14)3-2-15-11-16(31-32(27,28)29)4-8-22(15,18)13-24/h10,13,15-19,26H,2-9,11-12H2,1H3,(H,27,28,29)/t15-,16-,17+,18-,19+,21+,22+,23-/m0/s1. The third kappa shape index (κ3) is 3.15. The van der Waals surface area contributed by atoms with Crippen molar-refractivity contribution < 1.29 is 36.6 Å². The van der Waals surface area contributed by atoms with Gasteiger partial charge in [0.15, 0.2) is 0 Å². The molecule has 8 nitrogen and oxygen atoms in total. The maximum atomic E-state index is 12.6. The number of cyclic esters (lactones) is 1. The van der Waals surface area contributed by atoms with Crippen LogP contribution in [-0.2, 0) is 28.9 Å². The van der Waals surface area contributed by atoms with Gasteiger partial charge in [0.05, 0.1) is 11.7 Å². The second-order valence-electron chi connectivity index (χ2n) is 10.9. The fraction of sp³-hybridized carbons (Fsp3) is 0.826. The Balaban J connectivity index is 1.42. The van der Waals surface area contributed by atoms with E-state index in [1.807, 2.05) is 0 Å². The first-order valence-corrected chi connectivity index (χ1v) is 13.1. The Kier molecular flexibility index (Phi) is 5.17. The first-order valence-electron chi connectivity index (χ1n) is 11.7. The second-order valence-corrected chi connectivity index (χ2v) is 12.0. The van der Waals surface area contributed by atoms with E-state index in [2.05, 4.69) is 6.92 Å². The number of carbonyl (C=O) groups is 2. The Morgan fingerprint density at radius 1 is 1.12 bits per heavy atom. The van der Waals surface area contributed by atoms with Gasteiger partial charge in [-0.05, 0) is 87.0 Å². The first-order chi connectivity index (χ1) is 15.0. The van der Waals surface area contributed by atoms with Crippen molar-refractivity contribution in [1.82, 2.24) is 0 Å². The van der Waals surface area contributed by atoms with E-state index in [0.717, 1.165) is 44.0 Å². The van der Waals surface area contributed by atoms with E-state index in [4.69, 9.17) is 13.5 Å². The number of hydrogen-bond acceptors (Lipinski definition) is 7. The maximum Gasteiger partial charge on any atom is 0.397 e. The zero-order valence-electron chi connectivity index (χ0n) is 18.4. The molecule has 1 heterocycles. The number of fused-ring (bicyclic) bond motifs is 5. The van der Waals surface area contributed by atoms with Crippen LogP contribution in [0.4, 0.5) is 0 Å². The molecular formula is C23H32O8S. The van der Waals surface area contributed by atoms with Crippen LogP contribution in [0.2, 0.25) is 0 Å². The number of aldehydes is 1. The van der Waals surface area contributed by atoms with E-state index in [1.165, 1.54) is 0 Å². The molecule has 178 valence electrons. The normalized spacial score (nSPS) is 48.3. The summed E-state index contributed by atoms with van der Waals surface area (Å²) in [6.45, 7) is 2.44. The molecule has 4 fully saturated rings. The Labute approximate surface area is 188 Å². The van der Waals surface area contributed by atoms with Crippen molar-refractivity contribution in [3.63, 3.8) is 0 Å². The Morgan fingerprint density at radius 3 is 2.56 bits per heavy atom. The molecule has 8 atom stereocenters. The van der Waals surface area contributed by atoms with Gasteiger partial charge in [0.25, 0.3) is 0 Å². The summed E-state index contributed by atoms with van der Waals surface area (Å²) in [7, 11) is -4.53. The molecule has 0 bridgehead atoms. The summed E-state index contributed by atoms with van der Waals surface area (Å²) >= 11 is 0. The molecule has 2 N–H and O–H groups in total. The molecule has 0 spiro atoms. The summed E-state index contributed by atoms with van der Waals surface area (Å²) in [5, 5.41) is 12.2. The van der Waals surface area contributed by atoms with Crippen molar-refractivity contribution in [2.75, 3.05) is 6.61 Å². The van der Waals surface area contributed by atoms with E-state index < -0.39 is 27.5 Å². The lowest BCUT2D eigenvalue weighted by Gasteiger charge is -2.63. The molecule has 0 unspecified atom stereocenters. The van der Waals surface area contributed by atoms with Crippen molar-refractivity contribution in [3.05, 3.63) is 11.6 Å². The highest BCUT2D eigenvalue weighted by atomic mass is 32.3. The minimum atomic E-state index is -4.53. The molecule has 5 aliphatic rings. The van der Waals surface area contributed by atoms with Gasteiger partial charge in [-0.2, -0.15) is 8.42 Å². The molecule has 0 aromatic heterocycles. The SMILES string of the molecule is C[C@]12CC[C@H]3[C@@H](CC[C@H]4C[C@@H](OS(=O)(=O)O)CC[C@@]43C=O)[C@@]1(O)CC[C@@H]2C1=CC(=O)OC1. The van der Waals surface area contributed by atoms with Gasteiger partial charge in [-0.1, -0.05) is 6.92 Å². The van der Waals surface area contributed by atoms with Crippen LogP contribution in [0, 0.1) is 34.5 Å². The highest BCUT2D eigenvalue weighted by Crippen LogP contribution is 2.69. The largest absolute Gasteiger partial charge is 0.458 e. The third-order valence-electron chi connectivity index (χ3n) is 9.98. The van der Waals surface area contributed by atoms with Crippen LogP contribution >= 0.6 is 0 Å². The van der Waals surface area contributed by atoms with Gasteiger partial charge in [-0.25, -0.2) is 8.98 Å². The second kappa shape index (κ2) is 7.35. The maximum absolute atomic E-state index is 12.6. The van der Waals surface area contributed by atoms with Crippen molar-refractivity contribution in [3.8, 4) is 0 Å². The van der Waals surface area contributed by atoms with E-state index in [9.17, 15) is 23.1 Å². The van der Waals surface area contributed by atoms with E-state index in [1.54, 1.807) is 6.08 Å². The van der Waals surface area contributed by atoms with Crippen LogP contribution in [0.15, 0.2) is 11.6 Å². The summed E-state index contributed by atoms with van der Waals surface area (Å²) in [6, 6.07) is 0. The number of esters is 1. The third-order valence-corrected chi connectivity index (χ3v) is 10.5. The monoisotopic (exact) mass is 468 g/mol. The van der Waals surface area contributed by atoms with Crippen LogP contribution in [0.1, 0.15) is 64.7 Å². The van der Waals surface area contributed by atoms with Crippen LogP contribution in [0.3, 0.4) is 0 Å². The van der Waals surface area contributed by atoms with Gasteiger partial charge >= 0.3 is 16.4 Å². The van der Waals surface area contributed by atoms with E-state index in [0.29, 0.717) is 32.3 Å². The van der Waals surface area contributed by atoms with Gasteiger partial charge < -0.3 is 14.6 Å². The van der Waals surface area contributed by atoms with Crippen molar-refractivity contribution in [2.45, 2.75) is 76.4 Å². The van der Waals surface area contributed by atoms with Crippen LogP contribution in [0.25, 0.3) is 0 Å². The lowest BCUT2D eigenvalue weighted by atomic mass is 9.43. The molecular weight excluding hydrogens is 436 g/mol. The Morgan fingerprint density at radius 2 is 1.91 bits per heavy atom. The molecule has 9 heteroatoms. The Bertz CT molecular complexity index is 959. The molecule has 0 aromatic rings. The summed E-state index contributed by atoms with van der Waals surface area (Å²) < 4.78 is 41.5. The highest BCUT2D eigenvalue weighted by molar-refractivity contribution is 7.80. The fourth-order valence-electron chi connectivity index (χ4n) is 8.55. The predicted molar refractivity (Wildman–Crippen MR) is 113 cm³/mol. The number of ether oxygens (including phenoxy) is 1. The van der Waals surface area contributed by atoms with E-state index in [-0.39, 0.29) is 35.1 Å². The van der Waals surface area contributed by atoms with Crippen LogP contribution in [-0.4, -0.2) is 48.6 Å². The summed E-state index contributed by atoms with van der Waals surface area (Å²) in [5.41, 5.74) is -0.886. The Hall–Kier alpha value is -1.29. The topological polar surface area (TPSA) is 127 Å². The molecule has 32 heavy (non-hydrogen) atoms. The summed E-state index contributed by atoms with van der Waals surface area (Å²) in [5.74, 6) is -0.195. The average Bonchev–Trinajstić information content (AvgIpc) is 3.26. The minimum absolute atomic E-state index is 0.00892. The zero-order chi connectivity index (χ0) is 22.9. The van der Waals surface area contributed by atoms with Crippen molar-refractivity contribution in [2.24, 2.45) is 34.5 Å². The fourth-order valence-corrected chi connectivity index (χ4v) is 9.07. The van der Waals surface area contributed by atoms with Crippen LogP contribution < -0.4 is 0 Å². The van der Waals surface area contributed by atoms with Gasteiger partial charge in [-0.15, -0.1) is 0 Å². The smallest absolute Gasteiger partial charge is 0.397 e. The lowest BCUT2D eigenvalue weighted by molar-refractivity contribution is -0.206. The molecule has 4 aliphatic carbocycles. The van der Waals surface area contributed by atoms with Gasteiger partial charge in [0, 0.05) is 16.9 Å². The van der Waals surface area contributed by atoms with Crippen molar-refractivity contribution >= 4 is 22.7 Å². The average molecular weight is 469 g/mol. The lowest BCUT2D eigenvalue weighted by Crippen LogP contribution is -2.63. The number of aliphatic hydroxyl groups is 1. The molecule has 5 rings (SSSR count). The van der Waals surface area contributed by atoms with Gasteiger partial charge in [-0.3, -0.25) is 4.55 Å². The first kappa shape index (κ1) is 22.5. The minimum Gasteiger partial charge on any atom is -0.458 e. The highest BCUT2D eigenvalue weighted by Gasteiger charge is 2.68. The number of carbonyl (C=O) groups excluding carboxylic acids is 2. The molecule has 0 amide bonds. The zero-order valence-corrected chi connectivity index (χ0v) is 19.2. The number of rotatable bonds is 4. The quantitative estimate of drug-likeness (QED) is 0.366. The molecule has 1 aliphatic heterocycles. The predicted octanol–water partition coefficient (Wildman–Crippen LogP) is 2.61. The molecule has 4 saturated carbocycles. The van der Waals surface area contributed by atoms with Crippen LogP contribution in [0.5, 0.6) is 0 Å². The number of hydrogen-bond donors (Lipinski definition) is 2. The van der Waals surface area contributed by atoms with E-state index >= 15 is 0 Å². The van der Waals surface area contributed by atoms with Crippen molar-refractivity contribution in [1.29, 1.82) is 0 Å². The molecule has 0 aromatic carbocycles. The van der Waals surface area contributed by atoms with Gasteiger partial charge in [0.2, 0.25) is 0 Å². The summed E-state index contributed by atoms with van der Waals surface area (Å²) in [4.78, 5) is 24.3. The molecule has 0 saturated heterocycles. The summed E-state index contributed by atoms with van der Waals surface area (Å²) in [6.07, 6.45) is 7.91. The van der Waals surface area contributed by atoms with Gasteiger partial charge in [0.1, 0.15) is 12.9 Å². The molecule has 0 radical (unpaired) electrons.